The van der Waals surface area contributed by atoms with Gasteiger partial charge < -0.3 is 0 Å². The Kier molecular flexibility index (Phi) is 6.08. The Balaban J connectivity index is 1.64. The Morgan fingerprint density at radius 3 is 2.67 bits per heavy atom. The maximum atomic E-state index is 12.8. The van der Waals surface area contributed by atoms with Crippen molar-refractivity contribution in [1.29, 1.82) is 0 Å². The van der Waals surface area contributed by atoms with Crippen LogP contribution in [0.25, 0.3) is 0 Å². The number of thiophene rings is 1. The SMILES string of the molecule is Cc1ccc(S(=O)(=O)N2CCC[C@H](C(=O)N/N=C\c3sccc3C)C2)cc1. The number of nitrogens with one attached hydrogen (secondary N) is 1. The molecule has 0 radical (unpaired) electrons. The Morgan fingerprint density at radius 1 is 1.26 bits per heavy atom. The minimum Gasteiger partial charge on any atom is -0.273 e. The number of hydrogen-bond acceptors (Lipinski definition) is 5. The van der Waals surface area contributed by atoms with E-state index in [1.54, 1.807) is 41.8 Å². The second-order valence-electron chi connectivity index (χ2n) is 6.72. The molecule has 0 spiro atoms. The topological polar surface area (TPSA) is 78.8 Å². The molecule has 1 aromatic carbocycles. The first kappa shape index (κ1) is 19.7. The highest BCUT2D eigenvalue weighted by atomic mass is 32.2. The third-order valence-corrected chi connectivity index (χ3v) is 7.50. The molecule has 2 heterocycles. The van der Waals surface area contributed by atoms with Crippen LogP contribution in [-0.4, -0.2) is 37.9 Å². The van der Waals surface area contributed by atoms with Crippen molar-refractivity contribution in [2.24, 2.45) is 11.0 Å². The maximum Gasteiger partial charge on any atom is 0.244 e. The summed E-state index contributed by atoms with van der Waals surface area (Å²) in [5.74, 6) is -0.648. The molecule has 1 atom stereocenters. The lowest BCUT2D eigenvalue weighted by Gasteiger charge is -2.30. The maximum absolute atomic E-state index is 12.8. The smallest absolute Gasteiger partial charge is 0.244 e. The fraction of sp³-hybridized carbons (Fsp3) is 0.368. The van der Waals surface area contributed by atoms with Crippen LogP contribution in [-0.2, 0) is 14.8 Å². The molecular formula is C19H23N3O3S2. The van der Waals surface area contributed by atoms with Crippen molar-refractivity contribution in [3.05, 3.63) is 51.7 Å². The highest BCUT2D eigenvalue weighted by Gasteiger charge is 2.33. The number of hydrazone groups is 1. The molecule has 1 aliphatic heterocycles. The van der Waals surface area contributed by atoms with Gasteiger partial charge in [-0.05, 0) is 55.8 Å². The van der Waals surface area contributed by atoms with Crippen LogP contribution >= 0.6 is 11.3 Å². The first-order chi connectivity index (χ1) is 12.9. The Morgan fingerprint density at radius 2 is 2.00 bits per heavy atom. The monoisotopic (exact) mass is 405 g/mol. The van der Waals surface area contributed by atoms with Gasteiger partial charge in [0.05, 0.1) is 17.0 Å². The number of hydrogen-bond donors (Lipinski definition) is 1. The van der Waals surface area contributed by atoms with Crippen LogP contribution in [0.1, 0.15) is 28.8 Å². The second kappa shape index (κ2) is 8.33. The summed E-state index contributed by atoms with van der Waals surface area (Å²) in [6, 6.07) is 8.78. The van der Waals surface area contributed by atoms with Gasteiger partial charge in [-0.15, -0.1) is 11.3 Å². The summed E-state index contributed by atoms with van der Waals surface area (Å²) in [6.45, 7) is 4.50. The van der Waals surface area contributed by atoms with Crippen molar-refractivity contribution >= 4 is 33.5 Å². The molecule has 0 bridgehead atoms. The molecule has 2 aromatic rings. The van der Waals surface area contributed by atoms with Crippen LogP contribution in [0.3, 0.4) is 0 Å². The number of carbonyl (C=O) groups excluding carboxylic acids is 1. The zero-order valence-corrected chi connectivity index (χ0v) is 17.0. The highest BCUT2D eigenvalue weighted by Crippen LogP contribution is 2.24. The van der Waals surface area contributed by atoms with Crippen LogP contribution in [0.2, 0.25) is 0 Å². The van der Waals surface area contributed by atoms with Gasteiger partial charge in [0, 0.05) is 18.0 Å². The van der Waals surface area contributed by atoms with Crippen molar-refractivity contribution in [2.75, 3.05) is 13.1 Å². The van der Waals surface area contributed by atoms with Gasteiger partial charge in [0.15, 0.2) is 0 Å². The van der Waals surface area contributed by atoms with Crippen LogP contribution in [0.15, 0.2) is 45.7 Å². The summed E-state index contributed by atoms with van der Waals surface area (Å²) in [5, 5.41) is 5.99. The molecule has 1 aromatic heterocycles. The van der Waals surface area contributed by atoms with Crippen molar-refractivity contribution in [2.45, 2.75) is 31.6 Å². The van der Waals surface area contributed by atoms with Crippen LogP contribution in [0.5, 0.6) is 0 Å². The highest BCUT2D eigenvalue weighted by molar-refractivity contribution is 7.89. The molecule has 6 nitrogen and oxygen atoms in total. The van der Waals surface area contributed by atoms with Crippen molar-refractivity contribution in [3.8, 4) is 0 Å². The first-order valence-corrected chi connectivity index (χ1v) is 11.1. The molecule has 0 saturated carbocycles. The molecule has 1 amide bonds. The Hall–Kier alpha value is -2.03. The van der Waals surface area contributed by atoms with Crippen LogP contribution in [0, 0.1) is 19.8 Å². The van der Waals surface area contributed by atoms with E-state index in [-0.39, 0.29) is 17.3 Å². The summed E-state index contributed by atoms with van der Waals surface area (Å²) in [4.78, 5) is 13.7. The minimum atomic E-state index is -3.59. The normalized spacial score (nSPS) is 18.7. The number of carbonyl (C=O) groups is 1. The third kappa shape index (κ3) is 4.63. The minimum absolute atomic E-state index is 0.176. The average molecular weight is 406 g/mol. The van der Waals surface area contributed by atoms with E-state index in [0.29, 0.717) is 19.4 Å². The van der Waals surface area contributed by atoms with E-state index in [1.807, 2.05) is 25.3 Å². The first-order valence-electron chi connectivity index (χ1n) is 8.82. The van der Waals surface area contributed by atoms with E-state index in [4.69, 9.17) is 0 Å². The molecule has 0 unspecified atom stereocenters. The lowest BCUT2D eigenvalue weighted by atomic mass is 9.99. The van der Waals surface area contributed by atoms with Gasteiger partial charge >= 0.3 is 0 Å². The fourth-order valence-electron chi connectivity index (χ4n) is 3.00. The molecule has 27 heavy (non-hydrogen) atoms. The number of sulfonamides is 1. The molecule has 0 aliphatic carbocycles. The van der Waals surface area contributed by atoms with Crippen molar-refractivity contribution in [1.82, 2.24) is 9.73 Å². The molecule has 3 rings (SSSR count). The summed E-state index contributed by atoms with van der Waals surface area (Å²) in [6.07, 6.45) is 2.93. The largest absolute Gasteiger partial charge is 0.273 e. The van der Waals surface area contributed by atoms with Crippen LogP contribution in [0.4, 0.5) is 0 Å². The zero-order chi connectivity index (χ0) is 19.4. The number of rotatable bonds is 5. The van der Waals surface area contributed by atoms with Gasteiger partial charge in [0.1, 0.15) is 0 Å². The van der Waals surface area contributed by atoms with Gasteiger partial charge in [0.25, 0.3) is 0 Å². The zero-order valence-electron chi connectivity index (χ0n) is 15.4. The number of benzene rings is 1. The van der Waals surface area contributed by atoms with E-state index < -0.39 is 15.9 Å². The quantitative estimate of drug-likeness (QED) is 0.614. The number of amides is 1. The standard InChI is InChI=1S/C19H23N3O3S2/c1-14-5-7-17(8-6-14)27(24,25)22-10-3-4-16(13-22)19(23)21-20-12-18-15(2)9-11-26-18/h5-9,11-12,16H,3-4,10,13H2,1-2H3,(H,21,23)/b20-12-/t16-/m0/s1. The van der Waals surface area contributed by atoms with Gasteiger partial charge in [0.2, 0.25) is 15.9 Å². The van der Waals surface area contributed by atoms with Crippen molar-refractivity contribution in [3.63, 3.8) is 0 Å². The average Bonchev–Trinajstić information content (AvgIpc) is 3.07. The summed E-state index contributed by atoms with van der Waals surface area (Å²) >= 11 is 1.55. The predicted molar refractivity (Wildman–Crippen MR) is 107 cm³/mol. The molecule has 1 N–H and O–H groups in total. The molecule has 8 heteroatoms. The van der Waals surface area contributed by atoms with E-state index >= 15 is 0 Å². The molecule has 1 aliphatic rings. The fourth-order valence-corrected chi connectivity index (χ4v) is 5.31. The van der Waals surface area contributed by atoms with E-state index in [0.717, 1.165) is 16.0 Å². The summed E-state index contributed by atoms with van der Waals surface area (Å²) in [7, 11) is -3.59. The van der Waals surface area contributed by atoms with Gasteiger partial charge in [-0.1, -0.05) is 17.7 Å². The molecule has 144 valence electrons. The van der Waals surface area contributed by atoms with Crippen molar-refractivity contribution < 1.29 is 13.2 Å². The number of aryl methyl sites for hydroxylation is 2. The second-order valence-corrected chi connectivity index (χ2v) is 9.60. The molecule has 1 fully saturated rings. The molecule has 1 saturated heterocycles. The lowest BCUT2D eigenvalue weighted by Crippen LogP contribution is -2.44. The Bertz CT molecular complexity index is 933. The van der Waals surface area contributed by atoms with Gasteiger partial charge in [-0.2, -0.15) is 9.41 Å². The lowest BCUT2D eigenvalue weighted by molar-refractivity contribution is -0.126. The van der Waals surface area contributed by atoms with Crippen LogP contribution < -0.4 is 5.43 Å². The van der Waals surface area contributed by atoms with Gasteiger partial charge in [-0.25, -0.2) is 13.8 Å². The predicted octanol–water partition coefficient (Wildman–Crippen LogP) is 2.92. The van der Waals surface area contributed by atoms with Gasteiger partial charge in [-0.3, -0.25) is 4.79 Å². The molecular weight excluding hydrogens is 382 g/mol. The summed E-state index contributed by atoms with van der Waals surface area (Å²) in [5.41, 5.74) is 4.66. The third-order valence-electron chi connectivity index (χ3n) is 4.67. The van der Waals surface area contributed by atoms with E-state index in [2.05, 4.69) is 10.5 Å². The summed E-state index contributed by atoms with van der Waals surface area (Å²) < 4.78 is 27.1. The Labute approximate surface area is 164 Å². The van der Waals surface area contributed by atoms with E-state index in [1.165, 1.54) is 4.31 Å². The van der Waals surface area contributed by atoms with E-state index in [9.17, 15) is 13.2 Å². The number of nitrogens with zero attached hydrogens (tertiary/aromatic N) is 2. The number of piperidine rings is 1.